The third kappa shape index (κ3) is 1.01. The maximum absolute atomic E-state index is 8.71. The van der Waals surface area contributed by atoms with E-state index in [9.17, 15) is 0 Å². The van der Waals surface area contributed by atoms with Gasteiger partial charge < -0.3 is 9.84 Å². The van der Waals surface area contributed by atoms with E-state index >= 15 is 0 Å². The number of methoxy groups -OCH3 is 1. The molecule has 0 saturated heterocycles. The van der Waals surface area contributed by atoms with Gasteiger partial charge in [0, 0.05) is 12.5 Å². The predicted octanol–water partition coefficient (Wildman–Crippen LogP) is 0.405. The van der Waals surface area contributed by atoms with E-state index in [0.29, 0.717) is 6.61 Å². The SMILES string of the molecule is COCC1(CO)CC1. The Hall–Kier alpha value is -0.0800. The second-order valence-corrected chi connectivity index (χ2v) is 2.59. The highest BCUT2D eigenvalue weighted by Gasteiger charge is 2.41. The summed E-state index contributed by atoms with van der Waals surface area (Å²) in [6.45, 7) is 1.02. The second-order valence-electron chi connectivity index (χ2n) is 2.59. The Kier molecular flexibility index (Phi) is 1.54. The maximum Gasteiger partial charge on any atom is 0.0540 e. The van der Waals surface area contributed by atoms with E-state index in [2.05, 4.69) is 0 Å². The summed E-state index contributed by atoms with van der Waals surface area (Å²) in [7, 11) is 1.68. The van der Waals surface area contributed by atoms with Crippen LogP contribution in [-0.4, -0.2) is 25.4 Å². The summed E-state index contributed by atoms with van der Waals surface area (Å²) in [6.07, 6.45) is 2.27. The molecule has 1 rings (SSSR count). The van der Waals surface area contributed by atoms with Crippen LogP contribution in [0.3, 0.4) is 0 Å². The van der Waals surface area contributed by atoms with E-state index in [-0.39, 0.29) is 5.41 Å². The Morgan fingerprint density at radius 3 is 2.38 bits per heavy atom. The van der Waals surface area contributed by atoms with Crippen LogP contribution in [0.15, 0.2) is 0 Å². The van der Waals surface area contributed by atoms with E-state index in [0.717, 1.165) is 19.4 Å². The lowest BCUT2D eigenvalue weighted by Gasteiger charge is -2.07. The van der Waals surface area contributed by atoms with Gasteiger partial charge in [-0.25, -0.2) is 0 Å². The van der Waals surface area contributed by atoms with Gasteiger partial charge in [0.2, 0.25) is 0 Å². The monoisotopic (exact) mass is 116 g/mol. The summed E-state index contributed by atoms with van der Waals surface area (Å²) in [4.78, 5) is 0. The zero-order valence-electron chi connectivity index (χ0n) is 5.18. The summed E-state index contributed by atoms with van der Waals surface area (Å²) in [5.74, 6) is 0. The molecule has 2 heteroatoms. The lowest BCUT2D eigenvalue weighted by molar-refractivity contribution is 0.0959. The molecule has 0 atom stereocenters. The van der Waals surface area contributed by atoms with Crippen molar-refractivity contribution in [2.75, 3.05) is 20.3 Å². The summed E-state index contributed by atoms with van der Waals surface area (Å²) in [5.41, 5.74) is 0.175. The standard InChI is InChI=1S/C6H12O2/c1-8-5-6(4-7)2-3-6/h7H,2-5H2,1H3. The van der Waals surface area contributed by atoms with Crippen molar-refractivity contribution in [2.45, 2.75) is 12.8 Å². The van der Waals surface area contributed by atoms with Crippen LogP contribution in [-0.2, 0) is 4.74 Å². The molecule has 0 aromatic rings. The Morgan fingerprint density at radius 2 is 2.25 bits per heavy atom. The smallest absolute Gasteiger partial charge is 0.0540 e. The van der Waals surface area contributed by atoms with E-state index in [4.69, 9.17) is 9.84 Å². The molecule has 8 heavy (non-hydrogen) atoms. The van der Waals surface area contributed by atoms with Gasteiger partial charge in [-0.3, -0.25) is 0 Å². The van der Waals surface area contributed by atoms with E-state index in [1.54, 1.807) is 7.11 Å². The van der Waals surface area contributed by atoms with Crippen LogP contribution in [0.2, 0.25) is 0 Å². The van der Waals surface area contributed by atoms with Gasteiger partial charge in [0.15, 0.2) is 0 Å². The second kappa shape index (κ2) is 2.03. The predicted molar refractivity (Wildman–Crippen MR) is 30.6 cm³/mol. The van der Waals surface area contributed by atoms with E-state index in [1.165, 1.54) is 0 Å². The first-order valence-electron chi connectivity index (χ1n) is 2.93. The molecular weight excluding hydrogens is 104 g/mol. The maximum atomic E-state index is 8.71. The Bertz CT molecular complexity index is 76.6. The van der Waals surface area contributed by atoms with Gasteiger partial charge in [0.25, 0.3) is 0 Å². The molecule has 2 nitrogen and oxygen atoms in total. The Balaban J connectivity index is 2.20. The fourth-order valence-electron chi connectivity index (χ4n) is 0.831. The number of hydrogen-bond acceptors (Lipinski definition) is 2. The molecular formula is C6H12O2. The third-order valence-corrected chi connectivity index (χ3v) is 1.74. The molecule has 0 spiro atoms. The van der Waals surface area contributed by atoms with Crippen molar-refractivity contribution >= 4 is 0 Å². The van der Waals surface area contributed by atoms with E-state index < -0.39 is 0 Å². The molecule has 1 aliphatic carbocycles. The van der Waals surface area contributed by atoms with Crippen LogP contribution in [0.4, 0.5) is 0 Å². The molecule has 0 aromatic carbocycles. The van der Waals surface area contributed by atoms with Gasteiger partial charge in [0.05, 0.1) is 13.2 Å². The van der Waals surface area contributed by atoms with Crippen molar-refractivity contribution in [2.24, 2.45) is 5.41 Å². The molecule has 0 bridgehead atoms. The zero-order valence-corrected chi connectivity index (χ0v) is 5.18. The minimum atomic E-state index is 0.175. The van der Waals surface area contributed by atoms with Gasteiger partial charge in [-0.15, -0.1) is 0 Å². The molecule has 0 heterocycles. The molecule has 0 aromatic heterocycles. The molecule has 48 valence electrons. The average Bonchev–Trinajstić information content (AvgIpc) is 2.50. The minimum Gasteiger partial charge on any atom is -0.396 e. The fraction of sp³-hybridized carbons (Fsp3) is 1.00. The van der Waals surface area contributed by atoms with Crippen LogP contribution in [0.25, 0.3) is 0 Å². The minimum absolute atomic E-state index is 0.175. The van der Waals surface area contributed by atoms with Gasteiger partial charge >= 0.3 is 0 Å². The molecule has 1 saturated carbocycles. The topological polar surface area (TPSA) is 29.5 Å². The third-order valence-electron chi connectivity index (χ3n) is 1.74. The lowest BCUT2D eigenvalue weighted by Crippen LogP contribution is -2.12. The highest BCUT2D eigenvalue weighted by Crippen LogP contribution is 2.44. The van der Waals surface area contributed by atoms with E-state index in [1.807, 2.05) is 0 Å². The van der Waals surface area contributed by atoms with Crippen molar-refractivity contribution in [1.29, 1.82) is 0 Å². The number of ether oxygens (including phenoxy) is 1. The molecule has 0 amide bonds. The normalized spacial score (nSPS) is 23.2. The van der Waals surface area contributed by atoms with Crippen molar-refractivity contribution in [1.82, 2.24) is 0 Å². The largest absolute Gasteiger partial charge is 0.396 e. The highest BCUT2D eigenvalue weighted by molar-refractivity contribution is 4.91. The number of aliphatic hydroxyl groups excluding tert-OH is 1. The summed E-state index contributed by atoms with van der Waals surface area (Å²) >= 11 is 0. The first kappa shape index (κ1) is 6.05. The Labute approximate surface area is 49.5 Å². The summed E-state index contributed by atoms with van der Waals surface area (Å²) in [6, 6.07) is 0. The van der Waals surface area contributed by atoms with Gasteiger partial charge in [-0.1, -0.05) is 0 Å². The zero-order chi connectivity index (χ0) is 6.04. The Morgan fingerprint density at radius 1 is 1.62 bits per heavy atom. The quantitative estimate of drug-likeness (QED) is 0.578. The van der Waals surface area contributed by atoms with Crippen LogP contribution in [0, 0.1) is 5.41 Å². The van der Waals surface area contributed by atoms with Gasteiger partial charge in [-0.2, -0.15) is 0 Å². The number of rotatable bonds is 3. The first-order valence-corrected chi connectivity index (χ1v) is 2.93. The highest BCUT2D eigenvalue weighted by atomic mass is 16.5. The molecule has 0 radical (unpaired) electrons. The summed E-state index contributed by atoms with van der Waals surface area (Å²) in [5, 5.41) is 8.71. The van der Waals surface area contributed by atoms with Crippen LogP contribution < -0.4 is 0 Å². The van der Waals surface area contributed by atoms with Crippen LogP contribution >= 0.6 is 0 Å². The first-order chi connectivity index (χ1) is 3.83. The summed E-state index contributed by atoms with van der Waals surface area (Å²) < 4.78 is 4.90. The van der Waals surface area contributed by atoms with Gasteiger partial charge in [-0.05, 0) is 12.8 Å². The van der Waals surface area contributed by atoms with Crippen molar-refractivity contribution in [3.05, 3.63) is 0 Å². The molecule has 1 fully saturated rings. The fourth-order valence-corrected chi connectivity index (χ4v) is 0.831. The number of aliphatic hydroxyl groups is 1. The molecule has 0 unspecified atom stereocenters. The van der Waals surface area contributed by atoms with Crippen LogP contribution in [0.1, 0.15) is 12.8 Å². The molecule has 1 aliphatic rings. The van der Waals surface area contributed by atoms with Crippen molar-refractivity contribution in [3.8, 4) is 0 Å². The van der Waals surface area contributed by atoms with Crippen molar-refractivity contribution in [3.63, 3.8) is 0 Å². The van der Waals surface area contributed by atoms with Gasteiger partial charge in [0.1, 0.15) is 0 Å². The van der Waals surface area contributed by atoms with Crippen molar-refractivity contribution < 1.29 is 9.84 Å². The molecule has 0 aliphatic heterocycles. The lowest BCUT2D eigenvalue weighted by atomic mass is 10.1. The molecule has 1 N–H and O–H groups in total. The van der Waals surface area contributed by atoms with Crippen LogP contribution in [0.5, 0.6) is 0 Å². The number of hydrogen-bond donors (Lipinski definition) is 1. The average molecular weight is 116 g/mol.